The lowest BCUT2D eigenvalue weighted by Crippen LogP contribution is -2.43. The molecule has 6 nitrogen and oxygen atoms in total. The van der Waals surface area contributed by atoms with Crippen LogP contribution in [0.15, 0.2) is 72.8 Å². The van der Waals surface area contributed by atoms with E-state index in [0.29, 0.717) is 24.0 Å². The van der Waals surface area contributed by atoms with Gasteiger partial charge < -0.3 is 15.7 Å². The number of nitrogens with zero attached hydrogens (tertiary/aromatic N) is 2. The molecule has 0 saturated carbocycles. The molecule has 1 aliphatic rings. The van der Waals surface area contributed by atoms with Crippen molar-refractivity contribution in [3.8, 4) is 11.8 Å². The number of carbonyl (C=O) groups is 2. The molecule has 2 amide bonds. The van der Waals surface area contributed by atoms with Gasteiger partial charge in [0.2, 0.25) is 5.91 Å². The van der Waals surface area contributed by atoms with Gasteiger partial charge in [0, 0.05) is 0 Å². The molecule has 0 fully saturated rings. The number of para-hydroxylation sites is 1. The molecule has 0 aliphatic heterocycles. The number of carbonyl (C=O) groups excluding carboxylic acids is 2. The van der Waals surface area contributed by atoms with Crippen LogP contribution in [-0.4, -0.2) is 21.8 Å². The predicted molar refractivity (Wildman–Crippen MR) is 115 cm³/mol. The second kappa shape index (κ2) is 8.33. The molecule has 3 aromatic carbocycles. The van der Waals surface area contributed by atoms with Gasteiger partial charge in [0.1, 0.15) is 11.8 Å². The number of rotatable bonds is 5. The summed E-state index contributed by atoms with van der Waals surface area (Å²) in [6.07, 6.45) is 1.29. The minimum absolute atomic E-state index is 0.0922. The van der Waals surface area contributed by atoms with Gasteiger partial charge in [-0.05, 0) is 53.8 Å². The SMILES string of the molecule is N#Cc1ccc2c(c1)[C@H](N(C(=O)c1ccccc1O)[C@@H](C(N)=O)c1ccccc1)CC2. The number of hydrogen-bond acceptors (Lipinski definition) is 4. The monoisotopic (exact) mass is 411 g/mol. The summed E-state index contributed by atoms with van der Waals surface area (Å²) in [6, 6.07) is 21.2. The van der Waals surface area contributed by atoms with Gasteiger partial charge in [0.25, 0.3) is 5.91 Å². The Morgan fingerprint density at radius 2 is 1.77 bits per heavy atom. The number of fused-ring (bicyclic) bond motifs is 1. The number of nitrogens with two attached hydrogens (primary N) is 1. The maximum atomic E-state index is 13.7. The molecule has 6 heteroatoms. The summed E-state index contributed by atoms with van der Waals surface area (Å²) < 4.78 is 0. The van der Waals surface area contributed by atoms with Gasteiger partial charge >= 0.3 is 0 Å². The van der Waals surface area contributed by atoms with Gasteiger partial charge in [-0.2, -0.15) is 5.26 Å². The third-order valence-corrected chi connectivity index (χ3v) is 5.69. The molecule has 1 aliphatic carbocycles. The number of nitriles is 1. The Labute approximate surface area is 180 Å². The first-order chi connectivity index (χ1) is 15.0. The van der Waals surface area contributed by atoms with Crippen molar-refractivity contribution in [1.82, 2.24) is 4.90 Å². The van der Waals surface area contributed by atoms with Crippen LogP contribution in [0.5, 0.6) is 5.75 Å². The fourth-order valence-electron chi connectivity index (χ4n) is 4.27. The molecule has 0 bridgehead atoms. The normalized spacial score (nSPS) is 15.5. The average Bonchev–Trinajstić information content (AvgIpc) is 3.20. The number of phenols is 1. The standard InChI is InChI=1S/C25H21N3O3/c26-15-16-10-11-17-12-13-21(20(17)14-16)28(25(31)19-8-4-5-9-22(19)29)23(24(27)30)18-6-2-1-3-7-18/h1-11,14,21,23,29H,12-13H2,(H2,27,30)/t21-,23-/m1/s1. The summed E-state index contributed by atoms with van der Waals surface area (Å²) in [5, 5.41) is 19.7. The first-order valence-electron chi connectivity index (χ1n) is 9.99. The Hall–Kier alpha value is -4.11. The summed E-state index contributed by atoms with van der Waals surface area (Å²) in [7, 11) is 0. The quantitative estimate of drug-likeness (QED) is 0.668. The van der Waals surface area contributed by atoms with Gasteiger partial charge in [0.05, 0.1) is 23.2 Å². The van der Waals surface area contributed by atoms with E-state index in [1.807, 2.05) is 12.1 Å². The number of hydrogen-bond donors (Lipinski definition) is 2. The van der Waals surface area contributed by atoms with Gasteiger partial charge in [-0.3, -0.25) is 9.59 Å². The van der Waals surface area contributed by atoms with E-state index < -0.39 is 23.9 Å². The van der Waals surface area contributed by atoms with Crippen LogP contribution >= 0.6 is 0 Å². The van der Waals surface area contributed by atoms with Crippen molar-refractivity contribution in [2.24, 2.45) is 5.73 Å². The lowest BCUT2D eigenvalue weighted by Gasteiger charge is -2.36. The molecular weight excluding hydrogens is 390 g/mol. The highest BCUT2D eigenvalue weighted by molar-refractivity contribution is 6.00. The third-order valence-electron chi connectivity index (χ3n) is 5.69. The minimum Gasteiger partial charge on any atom is -0.507 e. The molecule has 0 unspecified atom stereocenters. The fourth-order valence-corrected chi connectivity index (χ4v) is 4.27. The molecule has 2 atom stereocenters. The third kappa shape index (κ3) is 3.74. The number of aromatic hydroxyl groups is 1. The number of benzene rings is 3. The van der Waals surface area contributed by atoms with Gasteiger partial charge in [-0.1, -0.05) is 48.5 Å². The molecule has 154 valence electrons. The molecular formula is C25H21N3O3. The molecule has 0 radical (unpaired) electrons. The van der Waals surface area contributed by atoms with Crippen molar-refractivity contribution >= 4 is 11.8 Å². The predicted octanol–water partition coefficient (Wildman–Crippen LogP) is 3.62. The van der Waals surface area contributed by atoms with Gasteiger partial charge in [-0.15, -0.1) is 0 Å². The maximum absolute atomic E-state index is 13.7. The average molecular weight is 411 g/mol. The van der Waals surface area contributed by atoms with Crippen LogP contribution in [-0.2, 0) is 11.2 Å². The molecule has 0 spiro atoms. The van der Waals surface area contributed by atoms with Crippen LogP contribution in [0.1, 0.15) is 51.1 Å². The summed E-state index contributed by atoms with van der Waals surface area (Å²) in [5.74, 6) is -1.33. The molecule has 0 aromatic heterocycles. The minimum atomic E-state index is -1.03. The lowest BCUT2D eigenvalue weighted by atomic mass is 9.97. The van der Waals surface area contributed by atoms with Crippen LogP contribution in [0.2, 0.25) is 0 Å². The van der Waals surface area contributed by atoms with Crippen LogP contribution in [0.3, 0.4) is 0 Å². The zero-order chi connectivity index (χ0) is 22.0. The van der Waals surface area contributed by atoms with E-state index in [0.717, 1.165) is 11.1 Å². The Balaban J connectivity index is 1.89. The van der Waals surface area contributed by atoms with E-state index >= 15 is 0 Å². The van der Waals surface area contributed by atoms with Crippen molar-refractivity contribution in [1.29, 1.82) is 5.26 Å². The first-order valence-corrected chi connectivity index (χ1v) is 9.99. The van der Waals surface area contributed by atoms with Crippen molar-refractivity contribution in [2.45, 2.75) is 24.9 Å². The van der Waals surface area contributed by atoms with Crippen molar-refractivity contribution in [3.63, 3.8) is 0 Å². The van der Waals surface area contributed by atoms with Crippen molar-refractivity contribution in [2.75, 3.05) is 0 Å². The number of primary amides is 1. The van der Waals surface area contributed by atoms with E-state index in [9.17, 15) is 20.0 Å². The first kappa shape index (κ1) is 20.2. The van der Waals surface area contributed by atoms with E-state index in [4.69, 9.17) is 5.73 Å². The van der Waals surface area contributed by atoms with Crippen molar-refractivity contribution < 1.29 is 14.7 Å². The Bertz CT molecular complexity index is 1180. The van der Waals surface area contributed by atoms with Crippen LogP contribution in [0, 0.1) is 11.3 Å². The summed E-state index contributed by atoms with van der Waals surface area (Å²) in [6.45, 7) is 0. The molecule has 0 heterocycles. The van der Waals surface area contributed by atoms with E-state index in [1.54, 1.807) is 48.5 Å². The number of phenolic OH excluding ortho intramolecular Hbond substituents is 1. The highest BCUT2D eigenvalue weighted by Crippen LogP contribution is 2.42. The Morgan fingerprint density at radius 3 is 2.45 bits per heavy atom. The number of amides is 2. The molecule has 3 aromatic rings. The Morgan fingerprint density at radius 1 is 1.06 bits per heavy atom. The van der Waals surface area contributed by atoms with E-state index in [2.05, 4.69) is 6.07 Å². The van der Waals surface area contributed by atoms with E-state index in [-0.39, 0.29) is 11.3 Å². The largest absolute Gasteiger partial charge is 0.507 e. The van der Waals surface area contributed by atoms with Crippen LogP contribution in [0.25, 0.3) is 0 Å². The second-order valence-electron chi connectivity index (χ2n) is 7.53. The zero-order valence-corrected chi connectivity index (χ0v) is 16.7. The molecule has 0 saturated heterocycles. The fraction of sp³-hybridized carbons (Fsp3) is 0.160. The molecule has 3 N–H and O–H groups in total. The Kier molecular flexibility index (Phi) is 5.42. The highest BCUT2D eigenvalue weighted by Gasteiger charge is 2.40. The summed E-state index contributed by atoms with van der Waals surface area (Å²) >= 11 is 0. The topological polar surface area (TPSA) is 107 Å². The number of aryl methyl sites for hydroxylation is 1. The van der Waals surface area contributed by atoms with Gasteiger partial charge in [-0.25, -0.2) is 0 Å². The smallest absolute Gasteiger partial charge is 0.259 e. The maximum Gasteiger partial charge on any atom is 0.259 e. The van der Waals surface area contributed by atoms with Crippen LogP contribution in [0.4, 0.5) is 0 Å². The van der Waals surface area contributed by atoms with E-state index in [1.165, 1.54) is 17.0 Å². The second-order valence-corrected chi connectivity index (χ2v) is 7.53. The lowest BCUT2D eigenvalue weighted by molar-refractivity contribution is -0.123. The van der Waals surface area contributed by atoms with Gasteiger partial charge in [0.15, 0.2) is 0 Å². The summed E-state index contributed by atoms with van der Waals surface area (Å²) in [4.78, 5) is 27.9. The van der Waals surface area contributed by atoms with Crippen LogP contribution < -0.4 is 5.73 Å². The summed E-state index contributed by atoms with van der Waals surface area (Å²) in [5.41, 5.74) is 8.83. The zero-order valence-electron chi connectivity index (χ0n) is 16.7. The molecule has 31 heavy (non-hydrogen) atoms. The van der Waals surface area contributed by atoms with Crippen molar-refractivity contribution in [3.05, 3.63) is 101 Å². The molecule has 4 rings (SSSR count). The highest BCUT2D eigenvalue weighted by atomic mass is 16.3.